The van der Waals surface area contributed by atoms with Gasteiger partial charge in [0.05, 0.1) is 6.61 Å². The summed E-state index contributed by atoms with van der Waals surface area (Å²) < 4.78 is 5.19. The SMILES string of the molecule is CCOc1ccc(CC)cn1. The minimum Gasteiger partial charge on any atom is -0.478 e. The van der Waals surface area contributed by atoms with Gasteiger partial charge in [0.25, 0.3) is 0 Å². The smallest absolute Gasteiger partial charge is 0.213 e. The van der Waals surface area contributed by atoms with E-state index in [4.69, 9.17) is 4.74 Å². The van der Waals surface area contributed by atoms with Gasteiger partial charge in [-0.05, 0) is 18.9 Å². The molecule has 1 heterocycles. The summed E-state index contributed by atoms with van der Waals surface area (Å²) in [5, 5.41) is 0. The van der Waals surface area contributed by atoms with Gasteiger partial charge in [-0.15, -0.1) is 0 Å². The number of aryl methyl sites for hydroxylation is 1. The Morgan fingerprint density at radius 1 is 1.36 bits per heavy atom. The third kappa shape index (κ3) is 2.22. The minimum absolute atomic E-state index is 0.679. The van der Waals surface area contributed by atoms with Crippen molar-refractivity contribution in [1.29, 1.82) is 0 Å². The Hall–Kier alpha value is -1.05. The first-order valence-corrected chi connectivity index (χ1v) is 3.94. The standard InChI is InChI=1S/C9H13NO/c1-3-8-5-6-9(10-7-8)11-4-2/h5-7H,3-4H2,1-2H3. The molecule has 0 saturated carbocycles. The molecular weight excluding hydrogens is 138 g/mol. The van der Waals surface area contributed by atoms with E-state index in [2.05, 4.69) is 11.9 Å². The van der Waals surface area contributed by atoms with E-state index in [1.54, 1.807) is 0 Å². The molecule has 0 spiro atoms. The molecule has 11 heavy (non-hydrogen) atoms. The van der Waals surface area contributed by atoms with Crippen molar-refractivity contribution in [1.82, 2.24) is 4.98 Å². The molecule has 0 aliphatic carbocycles. The predicted octanol–water partition coefficient (Wildman–Crippen LogP) is 2.04. The first-order chi connectivity index (χ1) is 5.36. The van der Waals surface area contributed by atoms with Crippen molar-refractivity contribution >= 4 is 0 Å². The zero-order valence-corrected chi connectivity index (χ0v) is 7.00. The van der Waals surface area contributed by atoms with Crippen LogP contribution in [0.1, 0.15) is 19.4 Å². The highest BCUT2D eigenvalue weighted by atomic mass is 16.5. The highest BCUT2D eigenvalue weighted by molar-refractivity contribution is 5.17. The maximum absolute atomic E-state index is 5.19. The van der Waals surface area contributed by atoms with Crippen LogP contribution in [0.15, 0.2) is 18.3 Å². The second-order valence-corrected chi connectivity index (χ2v) is 2.29. The quantitative estimate of drug-likeness (QED) is 0.659. The fourth-order valence-electron chi connectivity index (χ4n) is 0.853. The molecule has 0 saturated heterocycles. The summed E-state index contributed by atoms with van der Waals surface area (Å²) in [6, 6.07) is 3.94. The van der Waals surface area contributed by atoms with Gasteiger partial charge in [-0.1, -0.05) is 13.0 Å². The number of nitrogens with zero attached hydrogens (tertiary/aromatic N) is 1. The molecule has 0 aliphatic heterocycles. The maximum Gasteiger partial charge on any atom is 0.213 e. The number of hydrogen-bond donors (Lipinski definition) is 0. The molecule has 0 bridgehead atoms. The van der Waals surface area contributed by atoms with Crippen LogP contribution in [-0.2, 0) is 6.42 Å². The van der Waals surface area contributed by atoms with Crippen LogP contribution in [0.4, 0.5) is 0 Å². The lowest BCUT2D eigenvalue weighted by Crippen LogP contribution is -1.94. The maximum atomic E-state index is 5.19. The zero-order valence-electron chi connectivity index (χ0n) is 7.00. The van der Waals surface area contributed by atoms with Crippen molar-refractivity contribution in [3.05, 3.63) is 23.9 Å². The van der Waals surface area contributed by atoms with Gasteiger partial charge in [-0.2, -0.15) is 0 Å². The molecule has 1 aromatic rings. The molecule has 1 aromatic heterocycles. The molecule has 0 unspecified atom stereocenters. The molecule has 0 fully saturated rings. The lowest BCUT2D eigenvalue weighted by molar-refractivity contribution is 0.326. The first-order valence-electron chi connectivity index (χ1n) is 3.94. The van der Waals surface area contributed by atoms with Crippen molar-refractivity contribution in [2.24, 2.45) is 0 Å². The molecule has 1 rings (SSSR count). The van der Waals surface area contributed by atoms with Gasteiger partial charge in [0.15, 0.2) is 0 Å². The van der Waals surface area contributed by atoms with Gasteiger partial charge in [-0.25, -0.2) is 4.98 Å². The third-order valence-electron chi connectivity index (χ3n) is 1.50. The predicted molar refractivity (Wildman–Crippen MR) is 44.8 cm³/mol. The lowest BCUT2D eigenvalue weighted by Gasteiger charge is -2.01. The topological polar surface area (TPSA) is 22.1 Å². The summed E-state index contributed by atoms with van der Waals surface area (Å²) in [5.74, 6) is 0.713. The van der Waals surface area contributed by atoms with Crippen LogP contribution in [0, 0.1) is 0 Å². The lowest BCUT2D eigenvalue weighted by atomic mass is 10.2. The highest BCUT2D eigenvalue weighted by Crippen LogP contribution is 2.07. The molecule has 60 valence electrons. The van der Waals surface area contributed by atoms with E-state index >= 15 is 0 Å². The van der Waals surface area contributed by atoms with E-state index < -0.39 is 0 Å². The average Bonchev–Trinajstić information content (AvgIpc) is 2.07. The van der Waals surface area contributed by atoms with Gasteiger partial charge in [0.1, 0.15) is 0 Å². The van der Waals surface area contributed by atoms with Gasteiger partial charge in [0, 0.05) is 12.3 Å². The van der Waals surface area contributed by atoms with E-state index in [9.17, 15) is 0 Å². The Morgan fingerprint density at radius 2 is 2.18 bits per heavy atom. The molecule has 2 nitrogen and oxygen atoms in total. The molecule has 0 aliphatic rings. The second-order valence-electron chi connectivity index (χ2n) is 2.29. The van der Waals surface area contributed by atoms with Crippen molar-refractivity contribution in [2.45, 2.75) is 20.3 Å². The number of aromatic nitrogens is 1. The number of hydrogen-bond acceptors (Lipinski definition) is 2. The van der Waals surface area contributed by atoms with Crippen LogP contribution < -0.4 is 4.74 Å². The van der Waals surface area contributed by atoms with Crippen molar-refractivity contribution < 1.29 is 4.74 Å². The van der Waals surface area contributed by atoms with Gasteiger partial charge >= 0.3 is 0 Å². The van der Waals surface area contributed by atoms with E-state index in [0.717, 1.165) is 6.42 Å². The van der Waals surface area contributed by atoms with Crippen molar-refractivity contribution in [2.75, 3.05) is 6.61 Å². The molecule has 2 heteroatoms. The molecule has 0 N–H and O–H groups in total. The van der Waals surface area contributed by atoms with Crippen LogP contribution in [-0.4, -0.2) is 11.6 Å². The van der Waals surface area contributed by atoms with Crippen LogP contribution >= 0.6 is 0 Å². The number of pyridine rings is 1. The van der Waals surface area contributed by atoms with E-state index in [-0.39, 0.29) is 0 Å². The van der Waals surface area contributed by atoms with E-state index in [0.29, 0.717) is 12.5 Å². The summed E-state index contributed by atoms with van der Waals surface area (Å²) in [7, 11) is 0. The molecule has 0 aromatic carbocycles. The van der Waals surface area contributed by atoms with Gasteiger partial charge in [0.2, 0.25) is 5.88 Å². The Bertz CT molecular complexity index is 205. The Morgan fingerprint density at radius 3 is 2.64 bits per heavy atom. The Labute approximate surface area is 67.2 Å². The summed E-state index contributed by atoms with van der Waals surface area (Å²) in [5.41, 5.74) is 1.24. The second kappa shape index (κ2) is 3.96. The minimum atomic E-state index is 0.679. The molecular formula is C9H13NO. The number of rotatable bonds is 3. The molecule has 0 atom stereocenters. The molecule has 0 radical (unpaired) electrons. The number of ether oxygens (including phenoxy) is 1. The van der Waals surface area contributed by atoms with E-state index in [1.807, 2.05) is 25.3 Å². The first kappa shape index (κ1) is 8.05. The normalized spacial score (nSPS) is 9.64. The van der Waals surface area contributed by atoms with Crippen molar-refractivity contribution in [3.8, 4) is 5.88 Å². The highest BCUT2D eigenvalue weighted by Gasteiger charge is 1.92. The molecule has 0 amide bonds. The summed E-state index contributed by atoms with van der Waals surface area (Å²) in [6.45, 7) is 4.74. The summed E-state index contributed by atoms with van der Waals surface area (Å²) in [6.07, 6.45) is 2.88. The zero-order chi connectivity index (χ0) is 8.10. The average molecular weight is 151 g/mol. The fourth-order valence-corrected chi connectivity index (χ4v) is 0.853. The van der Waals surface area contributed by atoms with Crippen molar-refractivity contribution in [3.63, 3.8) is 0 Å². The van der Waals surface area contributed by atoms with Crippen LogP contribution in [0.5, 0.6) is 5.88 Å². The van der Waals surface area contributed by atoms with Crippen LogP contribution in [0.2, 0.25) is 0 Å². The van der Waals surface area contributed by atoms with Crippen LogP contribution in [0.25, 0.3) is 0 Å². The van der Waals surface area contributed by atoms with E-state index in [1.165, 1.54) is 5.56 Å². The summed E-state index contributed by atoms with van der Waals surface area (Å²) in [4.78, 5) is 4.12. The van der Waals surface area contributed by atoms with Crippen LogP contribution in [0.3, 0.4) is 0 Å². The van der Waals surface area contributed by atoms with Gasteiger partial charge < -0.3 is 4.74 Å². The van der Waals surface area contributed by atoms with Gasteiger partial charge in [-0.3, -0.25) is 0 Å². The summed E-state index contributed by atoms with van der Waals surface area (Å²) >= 11 is 0. The largest absolute Gasteiger partial charge is 0.478 e. The Kier molecular flexibility index (Phi) is 2.90. The third-order valence-corrected chi connectivity index (χ3v) is 1.50. The Balaban J connectivity index is 2.66. The monoisotopic (exact) mass is 151 g/mol. The fraction of sp³-hybridized carbons (Fsp3) is 0.444.